The van der Waals surface area contributed by atoms with Crippen LogP contribution in [0.15, 0.2) is 36.7 Å². The highest BCUT2D eigenvalue weighted by Crippen LogP contribution is 2.06. The molecule has 28 heavy (non-hydrogen) atoms. The lowest BCUT2D eigenvalue weighted by molar-refractivity contribution is -0.137. The van der Waals surface area contributed by atoms with Crippen LogP contribution in [0.3, 0.4) is 0 Å². The molecule has 0 saturated heterocycles. The second kappa shape index (κ2) is 10.7. The third kappa shape index (κ3) is 6.75. The first-order chi connectivity index (χ1) is 13.5. The molecule has 0 saturated carbocycles. The number of rotatable bonds is 10. The van der Waals surface area contributed by atoms with Crippen LogP contribution >= 0.6 is 0 Å². The third-order valence-corrected chi connectivity index (χ3v) is 3.85. The topological polar surface area (TPSA) is 121 Å². The SMILES string of the molecule is O=C(O)CCCCCNC(=O)c1nccnc1C(=O)NCc1ccc(F)cc1. The minimum absolute atomic E-state index is 0.0929. The number of carbonyl (C=O) groups is 3. The van der Waals surface area contributed by atoms with Gasteiger partial charge in [0.2, 0.25) is 0 Å². The Morgan fingerprint density at radius 1 is 0.893 bits per heavy atom. The molecule has 0 aliphatic rings. The number of aromatic nitrogens is 2. The van der Waals surface area contributed by atoms with Gasteiger partial charge in [0.1, 0.15) is 5.82 Å². The second-order valence-corrected chi connectivity index (χ2v) is 6.02. The van der Waals surface area contributed by atoms with Crippen LogP contribution in [0.25, 0.3) is 0 Å². The molecule has 1 aromatic carbocycles. The van der Waals surface area contributed by atoms with Crippen LogP contribution in [0.4, 0.5) is 4.39 Å². The molecule has 1 heterocycles. The molecule has 0 aliphatic heterocycles. The number of nitrogens with one attached hydrogen (secondary N) is 2. The Bertz CT molecular complexity index is 827. The molecule has 0 bridgehead atoms. The second-order valence-electron chi connectivity index (χ2n) is 6.02. The van der Waals surface area contributed by atoms with Crippen molar-refractivity contribution in [3.63, 3.8) is 0 Å². The van der Waals surface area contributed by atoms with Crippen LogP contribution in [0.5, 0.6) is 0 Å². The lowest BCUT2D eigenvalue weighted by atomic mass is 10.2. The quantitative estimate of drug-likeness (QED) is 0.535. The number of nitrogens with zero attached hydrogens (tertiary/aromatic N) is 2. The van der Waals surface area contributed by atoms with Crippen LogP contribution in [-0.4, -0.2) is 39.4 Å². The normalized spacial score (nSPS) is 10.3. The van der Waals surface area contributed by atoms with Crippen LogP contribution in [0, 0.1) is 5.82 Å². The molecule has 0 spiro atoms. The van der Waals surface area contributed by atoms with Gasteiger partial charge in [-0.1, -0.05) is 18.6 Å². The predicted octanol–water partition coefficient (Wildman–Crippen LogP) is 1.92. The van der Waals surface area contributed by atoms with Crippen LogP contribution in [-0.2, 0) is 11.3 Å². The summed E-state index contributed by atoms with van der Waals surface area (Å²) in [6, 6.07) is 5.67. The number of carboxylic acids is 1. The lowest BCUT2D eigenvalue weighted by Gasteiger charge is -2.09. The van der Waals surface area contributed by atoms with Gasteiger partial charge in [-0.15, -0.1) is 0 Å². The minimum Gasteiger partial charge on any atom is -0.481 e. The molecule has 2 aromatic rings. The molecule has 8 nitrogen and oxygen atoms in total. The van der Waals surface area contributed by atoms with E-state index in [1.807, 2.05) is 0 Å². The summed E-state index contributed by atoms with van der Waals surface area (Å²) in [6.45, 7) is 0.492. The zero-order valence-electron chi connectivity index (χ0n) is 15.2. The fourth-order valence-corrected chi connectivity index (χ4v) is 2.40. The summed E-state index contributed by atoms with van der Waals surface area (Å²) < 4.78 is 12.9. The van der Waals surface area contributed by atoms with Crippen LogP contribution in [0.1, 0.15) is 52.2 Å². The van der Waals surface area contributed by atoms with E-state index in [0.29, 0.717) is 31.4 Å². The molecule has 2 amide bonds. The minimum atomic E-state index is -0.847. The number of carbonyl (C=O) groups excluding carboxylic acids is 2. The van der Waals surface area contributed by atoms with E-state index in [2.05, 4.69) is 20.6 Å². The summed E-state index contributed by atoms with van der Waals surface area (Å²) in [5.41, 5.74) is 0.503. The van der Waals surface area contributed by atoms with E-state index in [1.54, 1.807) is 12.1 Å². The van der Waals surface area contributed by atoms with E-state index < -0.39 is 17.8 Å². The maximum atomic E-state index is 12.9. The largest absolute Gasteiger partial charge is 0.481 e. The van der Waals surface area contributed by atoms with Gasteiger partial charge in [0.25, 0.3) is 11.8 Å². The van der Waals surface area contributed by atoms with Crippen molar-refractivity contribution in [2.75, 3.05) is 6.54 Å². The van der Waals surface area contributed by atoms with Gasteiger partial charge in [0.05, 0.1) is 0 Å². The fraction of sp³-hybridized carbons (Fsp3) is 0.316. The smallest absolute Gasteiger partial charge is 0.303 e. The average Bonchev–Trinajstić information content (AvgIpc) is 2.69. The Hall–Kier alpha value is -3.36. The van der Waals surface area contributed by atoms with Crippen molar-refractivity contribution in [2.24, 2.45) is 0 Å². The molecule has 1 aromatic heterocycles. The zero-order chi connectivity index (χ0) is 20.4. The van der Waals surface area contributed by atoms with Crippen molar-refractivity contribution in [1.82, 2.24) is 20.6 Å². The first-order valence-electron chi connectivity index (χ1n) is 8.81. The maximum Gasteiger partial charge on any atom is 0.303 e. The molecular weight excluding hydrogens is 367 g/mol. The highest BCUT2D eigenvalue weighted by Gasteiger charge is 2.19. The first kappa shape index (κ1) is 20.9. The molecule has 2 rings (SSSR count). The average molecular weight is 388 g/mol. The number of benzene rings is 1. The van der Waals surface area contributed by atoms with Gasteiger partial charge in [-0.3, -0.25) is 14.4 Å². The van der Waals surface area contributed by atoms with Crippen molar-refractivity contribution < 1.29 is 23.9 Å². The molecule has 0 fully saturated rings. The molecule has 0 unspecified atom stereocenters. The number of hydrogen-bond donors (Lipinski definition) is 3. The number of hydrogen-bond acceptors (Lipinski definition) is 5. The Kier molecular flexibility index (Phi) is 8.01. The van der Waals surface area contributed by atoms with Crippen LogP contribution < -0.4 is 10.6 Å². The van der Waals surface area contributed by atoms with E-state index in [-0.39, 0.29) is 30.2 Å². The van der Waals surface area contributed by atoms with Gasteiger partial charge in [-0.2, -0.15) is 0 Å². The highest BCUT2D eigenvalue weighted by molar-refractivity contribution is 6.04. The zero-order valence-corrected chi connectivity index (χ0v) is 15.2. The summed E-state index contributed by atoms with van der Waals surface area (Å²) in [7, 11) is 0. The van der Waals surface area contributed by atoms with Gasteiger partial charge in [-0.25, -0.2) is 14.4 Å². The van der Waals surface area contributed by atoms with Gasteiger partial charge >= 0.3 is 5.97 Å². The van der Waals surface area contributed by atoms with Gasteiger partial charge in [0.15, 0.2) is 11.4 Å². The van der Waals surface area contributed by atoms with Gasteiger partial charge in [-0.05, 0) is 30.5 Å². The molecule has 148 valence electrons. The fourth-order valence-electron chi connectivity index (χ4n) is 2.40. The Morgan fingerprint density at radius 2 is 1.50 bits per heavy atom. The standard InChI is InChI=1S/C19H21FN4O4/c20-14-7-5-13(6-8-14)12-24-19(28)17-16(21-10-11-22-17)18(27)23-9-3-1-2-4-15(25)26/h5-8,10-11H,1-4,9,12H2,(H,23,27)(H,24,28)(H,25,26). The number of amides is 2. The number of carboxylic acid groups (broad SMARTS) is 1. The molecule has 0 aliphatic carbocycles. The van der Waals surface area contributed by atoms with E-state index in [4.69, 9.17) is 5.11 Å². The Morgan fingerprint density at radius 3 is 2.11 bits per heavy atom. The Labute approximate surface area is 161 Å². The summed E-state index contributed by atoms with van der Waals surface area (Å²) in [5.74, 6) is -2.31. The van der Waals surface area contributed by atoms with E-state index in [1.165, 1.54) is 24.5 Å². The number of aliphatic carboxylic acids is 1. The molecule has 3 N–H and O–H groups in total. The third-order valence-electron chi connectivity index (χ3n) is 3.85. The Balaban J connectivity index is 1.88. The number of unbranched alkanes of at least 4 members (excludes halogenated alkanes) is 2. The van der Waals surface area contributed by atoms with Crippen molar-refractivity contribution in [3.8, 4) is 0 Å². The lowest BCUT2D eigenvalue weighted by Crippen LogP contribution is -2.31. The van der Waals surface area contributed by atoms with E-state index >= 15 is 0 Å². The predicted molar refractivity (Wildman–Crippen MR) is 98.0 cm³/mol. The van der Waals surface area contributed by atoms with Crippen molar-refractivity contribution in [3.05, 3.63) is 59.4 Å². The van der Waals surface area contributed by atoms with E-state index in [9.17, 15) is 18.8 Å². The summed E-state index contributed by atoms with van der Waals surface area (Å²) in [6.07, 6.45) is 4.54. The molecule has 0 radical (unpaired) electrons. The van der Waals surface area contributed by atoms with Gasteiger partial charge < -0.3 is 15.7 Å². The first-order valence-corrected chi connectivity index (χ1v) is 8.81. The molecule has 0 atom stereocenters. The highest BCUT2D eigenvalue weighted by atomic mass is 19.1. The van der Waals surface area contributed by atoms with Crippen molar-refractivity contribution in [1.29, 1.82) is 0 Å². The maximum absolute atomic E-state index is 12.9. The molecular formula is C19H21FN4O4. The van der Waals surface area contributed by atoms with Crippen LogP contribution in [0.2, 0.25) is 0 Å². The summed E-state index contributed by atoms with van der Waals surface area (Å²) >= 11 is 0. The molecule has 9 heteroatoms. The van der Waals surface area contributed by atoms with Crippen molar-refractivity contribution in [2.45, 2.75) is 32.2 Å². The van der Waals surface area contributed by atoms with Crippen molar-refractivity contribution >= 4 is 17.8 Å². The monoisotopic (exact) mass is 388 g/mol. The summed E-state index contributed by atoms with van der Waals surface area (Å²) in [4.78, 5) is 43.0. The summed E-state index contributed by atoms with van der Waals surface area (Å²) in [5, 5.41) is 13.9. The number of halogens is 1. The van der Waals surface area contributed by atoms with Gasteiger partial charge in [0, 0.05) is 31.9 Å². The van der Waals surface area contributed by atoms with E-state index in [0.717, 1.165) is 0 Å².